The third-order valence-electron chi connectivity index (χ3n) is 7.40. The van der Waals surface area contributed by atoms with Crippen molar-refractivity contribution in [1.82, 2.24) is 10.2 Å². The molecule has 2 amide bonds. The molecule has 0 bridgehead atoms. The van der Waals surface area contributed by atoms with E-state index < -0.39 is 51.3 Å². The van der Waals surface area contributed by atoms with Crippen LogP contribution in [-0.2, 0) is 20.8 Å². The number of carbonyl (C=O) groups is 2. The fourth-order valence-electron chi connectivity index (χ4n) is 5.21. The van der Waals surface area contributed by atoms with Crippen LogP contribution in [0.1, 0.15) is 72.1 Å². The van der Waals surface area contributed by atoms with Crippen LogP contribution in [0.4, 0.5) is 17.6 Å². The average molecular weight is 555 g/mol. The Hall–Kier alpha value is -2.95. The Morgan fingerprint density at radius 2 is 1.76 bits per heavy atom. The van der Waals surface area contributed by atoms with Crippen LogP contribution < -0.4 is 5.32 Å². The molecule has 1 aliphatic carbocycles. The number of carbonyl (C=O) groups excluding carboxylic acids is 2. The third kappa shape index (κ3) is 5.72. The molecule has 2 aliphatic rings. The zero-order valence-corrected chi connectivity index (χ0v) is 22.1. The SMILES string of the molecule is CC[C@@H]1CC[C@H](C(=O)NC(c2ccc(C(F)(F)F)cc2F)C2CC2)N1C(=O)c1ccc(C)c(S(C)(=O)=O)c1. The van der Waals surface area contributed by atoms with Gasteiger partial charge in [0.2, 0.25) is 5.91 Å². The van der Waals surface area contributed by atoms with Crippen LogP contribution in [-0.4, -0.2) is 43.5 Å². The first-order valence-electron chi connectivity index (χ1n) is 12.5. The molecule has 6 nitrogen and oxygen atoms in total. The highest BCUT2D eigenvalue weighted by molar-refractivity contribution is 7.90. The molecule has 1 saturated carbocycles. The van der Waals surface area contributed by atoms with Crippen LogP contribution >= 0.6 is 0 Å². The molecule has 1 N–H and O–H groups in total. The highest BCUT2D eigenvalue weighted by Gasteiger charge is 2.43. The molecule has 1 unspecified atom stereocenters. The molecule has 0 aromatic heterocycles. The summed E-state index contributed by atoms with van der Waals surface area (Å²) in [5, 5.41) is 2.81. The van der Waals surface area contributed by atoms with Gasteiger partial charge in [-0.1, -0.05) is 19.1 Å². The number of likely N-dealkylation sites (tertiary alicyclic amines) is 1. The average Bonchev–Trinajstić information content (AvgIpc) is 3.58. The normalized spacial score (nSPS) is 20.9. The summed E-state index contributed by atoms with van der Waals surface area (Å²) < 4.78 is 78.2. The Labute approximate surface area is 219 Å². The van der Waals surface area contributed by atoms with Gasteiger partial charge in [-0.05, 0) is 74.8 Å². The molecule has 1 saturated heterocycles. The Bertz CT molecular complexity index is 1360. The highest BCUT2D eigenvalue weighted by Crippen LogP contribution is 2.43. The van der Waals surface area contributed by atoms with Crippen LogP contribution in [0.15, 0.2) is 41.3 Å². The fourth-order valence-corrected chi connectivity index (χ4v) is 6.21. The van der Waals surface area contributed by atoms with Gasteiger partial charge in [-0.2, -0.15) is 13.2 Å². The molecule has 206 valence electrons. The lowest BCUT2D eigenvalue weighted by Crippen LogP contribution is -2.49. The molecule has 2 aromatic carbocycles. The van der Waals surface area contributed by atoms with Crippen molar-refractivity contribution in [2.75, 3.05) is 6.26 Å². The van der Waals surface area contributed by atoms with Gasteiger partial charge in [-0.3, -0.25) is 9.59 Å². The van der Waals surface area contributed by atoms with E-state index in [1.54, 1.807) is 13.0 Å². The second kappa shape index (κ2) is 10.3. The molecule has 1 aliphatic heterocycles. The molecular weight excluding hydrogens is 524 g/mol. The molecule has 3 atom stereocenters. The summed E-state index contributed by atoms with van der Waals surface area (Å²) in [6, 6.07) is 4.73. The van der Waals surface area contributed by atoms with Gasteiger partial charge >= 0.3 is 6.18 Å². The van der Waals surface area contributed by atoms with Gasteiger partial charge in [0.15, 0.2) is 9.84 Å². The van der Waals surface area contributed by atoms with Gasteiger partial charge in [-0.25, -0.2) is 12.8 Å². The van der Waals surface area contributed by atoms with Crippen LogP contribution in [0.5, 0.6) is 0 Å². The van der Waals surface area contributed by atoms with E-state index in [-0.39, 0.29) is 28.0 Å². The van der Waals surface area contributed by atoms with Gasteiger partial charge < -0.3 is 10.2 Å². The minimum Gasteiger partial charge on any atom is -0.347 e. The van der Waals surface area contributed by atoms with Crippen molar-refractivity contribution in [3.05, 3.63) is 64.5 Å². The second-order valence-electron chi connectivity index (χ2n) is 10.2. The first-order valence-corrected chi connectivity index (χ1v) is 14.4. The molecule has 2 fully saturated rings. The number of rotatable bonds is 7. The van der Waals surface area contributed by atoms with Crippen molar-refractivity contribution in [3.8, 4) is 0 Å². The maximum absolute atomic E-state index is 14.8. The van der Waals surface area contributed by atoms with E-state index in [1.807, 2.05) is 6.92 Å². The van der Waals surface area contributed by atoms with E-state index in [2.05, 4.69) is 5.32 Å². The number of benzene rings is 2. The van der Waals surface area contributed by atoms with Gasteiger partial charge in [0.05, 0.1) is 16.5 Å². The Balaban J connectivity index is 1.61. The maximum atomic E-state index is 14.8. The summed E-state index contributed by atoms with van der Waals surface area (Å²) in [5.74, 6) is -2.16. The molecule has 4 rings (SSSR count). The van der Waals surface area contributed by atoms with Gasteiger partial charge in [-0.15, -0.1) is 0 Å². The summed E-state index contributed by atoms with van der Waals surface area (Å²) in [6.07, 6.45) is -0.781. The molecular formula is C27H30F4N2O4S. The number of amides is 2. The molecule has 38 heavy (non-hydrogen) atoms. The lowest BCUT2D eigenvalue weighted by Gasteiger charge is -2.31. The molecule has 2 aromatic rings. The van der Waals surface area contributed by atoms with E-state index in [0.29, 0.717) is 43.7 Å². The van der Waals surface area contributed by atoms with Crippen molar-refractivity contribution in [2.24, 2.45) is 5.92 Å². The van der Waals surface area contributed by atoms with Crippen molar-refractivity contribution in [3.63, 3.8) is 0 Å². The standard InChI is InChI=1S/C27H30F4N2O4S/c1-4-19-10-12-22(33(19)26(35)17-6-5-15(2)23(13-17)38(3,36)37)25(34)32-24(16-7-8-16)20-11-9-18(14-21(20)28)27(29,30)31/h5-6,9,11,13-14,16,19,22,24H,4,7-8,10,12H2,1-3H3,(H,32,34)/t19-,22-,24?/m1/s1. The first-order chi connectivity index (χ1) is 17.7. The molecule has 1 heterocycles. The second-order valence-corrected chi connectivity index (χ2v) is 12.2. The smallest absolute Gasteiger partial charge is 0.347 e. The predicted molar refractivity (Wildman–Crippen MR) is 133 cm³/mol. The third-order valence-corrected chi connectivity index (χ3v) is 8.64. The Morgan fingerprint density at radius 1 is 1.08 bits per heavy atom. The summed E-state index contributed by atoms with van der Waals surface area (Å²) in [6.45, 7) is 3.51. The fraction of sp³-hybridized carbons (Fsp3) is 0.481. The van der Waals surface area contributed by atoms with E-state index in [9.17, 15) is 35.6 Å². The number of aryl methyl sites for hydroxylation is 1. The number of sulfone groups is 1. The quantitative estimate of drug-likeness (QED) is 0.477. The van der Waals surface area contributed by atoms with Crippen LogP contribution in [0.25, 0.3) is 0 Å². The lowest BCUT2D eigenvalue weighted by molar-refractivity contribution is -0.137. The number of hydrogen-bond acceptors (Lipinski definition) is 4. The van der Waals surface area contributed by atoms with Crippen molar-refractivity contribution < 1.29 is 35.6 Å². The summed E-state index contributed by atoms with van der Waals surface area (Å²) in [7, 11) is -3.58. The van der Waals surface area contributed by atoms with E-state index in [0.717, 1.165) is 18.4 Å². The molecule has 11 heteroatoms. The number of alkyl halides is 3. The summed E-state index contributed by atoms with van der Waals surface area (Å²) >= 11 is 0. The minimum atomic E-state index is -4.69. The maximum Gasteiger partial charge on any atom is 0.416 e. The molecule has 0 radical (unpaired) electrons. The lowest BCUT2D eigenvalue weighted by atomic mass is 9.99. The first kappa shape index (κ1) is 28.1. The van der Waals surface area contributed by atoms with Crippen LogP contribution in [0.3, 0.4) is 0 Å². The predicted octanol–water partition coefficient (Wildman–Crippen LogP) is 5.21. The number of hydrogen-bond donors (Lipinski definition) is 1. The summed E-state index contributed by atoms with van der Waals surface area (Å²) in [4.78, 5) is 28.6. The van der Waals surface area contributed by atoms with Gasteiger partial charge in [0, 0.05) is 23.4 Å². The van der Waals surface area contributed by atoms with E-state index >= 15 is 0 Å². The zero-order chi connectivity index (χ0) is 28.0. The van der Waals surface area contributed by atoms with E-state index in [1.165, 1.54) is 17.0 Å². The van der Waals surface area contributed by atoms with Crippen LogP contribution in [0, 0.1) is 18.7 Å². The minimum absolute atomic E-state index is 0.0203. The number of nitrogens with zero attached hydrogens (tertiary/aromatic N) is 1. The zero-order valence-electron chi connectivity index (χ0n) is 21.3. The van der Waals surface area contributed by atoms with Crippen molar-refractivity contribution in [1.29, 1.82) is 0 Å². The van der Waals surface area contributed by atoms with Gasteiger partial charge in [0.25, 0.3) is 5.91 Å². The highest BCUT2D eigenvalue weighted by atomic mass is 32.2. The van der Waals surface area contributed by atoms with Crippen molar-refractivity contribution >= 4 is 21.7 Å². The summed E-state index contributed by atoms with van der Waals surface area (Å²) in [5.41, 5.74) is -0.489. The largest absolute Gasteiger partial charge is 0.416 e. The monoisotopic (exact) mass is 554 g/mol. The Kier molecular flexibility index (Phi) is 7.62. The van der Waals surface area contributed by atoms with Crippen molar-refractivity contribution in [2.45, 2.75) is 75.1 Å². The number of nitrogens with one attached hydrogen (secondary N) is 1. The van der Waals surface area contributed by atoms with E-state index in [4.69, 9.17) is 0 Å². The Morgan fingerprint density at radius 3 is 2.32 bits per heavy atom. The van der Waals surface area contributed by atoms with Crippen LogP contribution in [0.2, 0.25) is 0 Å². The topological polar surface area (TPSA) is 83.6 Å². The molecule has 0 spiro atoms. The number of halogens is 4. The van der Waals surface area contributed by atoms with Gasteiger partial charge in [0.1, 0.15) is 11.9 Å².